The van der Waals surface area contributed by atoms with Crippen molar-refractivity contribution < 1.29 is 18.7 Å². The van der Waals surface area contributed by atoms with Gasteiger partial charge in [0.25, 0.3) is 5.91 Å². The zero-order valence-electron chi connectivity index (χ0n) is 18.9. The number of hydrogen-bond acceptors (Lipinski definition) is 6. The molecule has 0 unspecified atom stereocenters. The molecule has 1 N–H and O–H groups in total. The number of anilines is 1. The van der Waals surface area contributed by atoms with E-state index in [4.69, 9.17) is 20.8 Å². The van der Waals surface area contributed by atoms with Gasteiger partial charge < -0.3 is 14.5 Å². The molecule has 0 fully saturated rings. The average molecular weight is 495 g/mol. The second-order valence-electron chi connectivity index (χ2n) is 7.92. The number of carbonyl (C=O) groups excluding carboxylic acids is 2. The van der Waals surface area contributed by atoms with Crippen molar-refractivity contribution in [2.75, 3.05) is 11.9 Å². The standard InChI is InChI=1S/C26H23ClN2O4S/c1-3-32-26(31)23-19-6-4-5-7-22(19)34-25(23)29-24(30)16(14-28)12-18-10-11-21(33-18)20-13-17(27)9-8-15(20)2/h8-13H,3-7H2,1-2H3,(H,29,30). The van der Waals surface area contributed by atoms with Gasteiger partial charge in [-0.3, -0.25) is 4.79 Å². The minimum absolute atomic E-state index is 0.134. The molecule has 8 heteroatoms. The number of furan rings is 1. The zero-order chi connectivity index (χ0) is 24.2. The Hall–Kier alpha value is -3.34. The smallest absolute Gasteiger partial charge is 0.341 e. The molecule has 0 saturated heterocycles. The molecule has 2 aromatic heterocycles. The summed E-state index contributed by atoms with van der Waals surface area (Å²) in [6, 6.07) is 10.9. The molecule has 3 aromatic rings. The first-order valence-electron chi connectivity index (χ1n) is 11.0. The monoisotopic (exact) mass is 494 g/mol. The largest absolute Gasteiger partial charge is 0.462 e. The second-order valence-corrected chi connectivity index (χ2v) is 9.46. The van der Waals surface area contributed by atoms with Crippen LogP contribution in [0.15, 0.2) is 40.3 Å². The topological polar surface area (TPSA) is 92.3 Å². The number of aryl methyl sites for hydroxylation is 2. The van der Waals surface area contributed by atoms with Crippen LogP contribution in [0.25, 0.3) is 17.4 Å². The molecule has 0 radical (unpaired) electrons. The third kappa shape index (κ3) is 4.93. The number of thiophene rings is 1. The van der Waals surface area contributed by atoms with Gasteiger partial charge >= 0.3 is 5.97 Å². The Morgan fingerprint density at radius 3 is 2.82 bits per heavy atom. The lowest BCUT2D eigenvalue weighted by atomic mass is 9.95. The molecule has 1 aliphatic carbocycles. The van der Waals surface area contributed by atoms with Crippen molar-refractivity contribution in [3.8, 4) is 17.4 Å². The lowest BCUT2D eigenvalue weighted by Gasteiger charge is -2.12. The van der Waals surface area contributed by atoms with Gasteiger partial charge in [-0.2, -0.15) is 5.26 Å². The van der Waals surface area contributed by atoms with E-state index in [-0.39, 0.29) is 12.2 Å². The van der Waals surface area contributed by atoms with E-state index in [9.17, 15) is 14.9 Å². The number of ether oxygens (including phenoxy) is 1. The van der Waals surface area contributed by atoms with Crippen LogP contribution in [0.3, 0.4) is 0 Å². The van der Waals surface area contributed by atoms with Gasteiger partial charge in [-0.25, -0.2) is 4.79 Å². The lowest BCUT2D eigenvalue weighted by Crippen LogP contribution is -2.16. The fourth-order valence-corrected chi connectivity index (χ4v) is 5.41. The number of rotatable bonds is 6. The quantitative estimate of drug-likeness (QED) is 0.237. The number of nitrogens with zero attached hydrogens (tertiary/aromatic N) is 1. The summed E-state index contributed by atoms with van der Waals surface area (Å²) < 4.78 is 11.1. The van der Waals surface area contributed by atoms with E-state index in [2.05, 4.69) is 5.32 Å². The minimum Gasteiger partial charge on any atom is -0.462 e. The second kappa shape index (κ2) is 10.3. The molecule has 6 nitrogen and oxygen atoms in total. The van der Waals surface area contributed by atoms with Crippen molar-refractivity contribution in [3.05, 3.63) is 68.3 Å². The number of esters is 1. The van der Waals surface area contributed by atoms with E-state index in [1.165, 1.54) is 17.4 Å². The Morgan fingerprint density at radius 2 is 2.06 bits per heavy atom. The van der Waals surface area contributed by atoms with E-state index >= 15 is 0 Å². The predicted octanol–water partition coefficient (Wildman–Crippen LogP) is 6.57. The molecule has 0 atom stereocenters. The summed E-state index contributed by atoms with van der Waals surface area (Å²) in [4.78, 5) is 26.7. The van der Waals surface area contributed by atoms with Crippen molar-refractivity contribution in [1.82, 2.24) is 0 Å². The molecule has 2 heterocycles. The van der Waals surface area contributed by atoms with E-state index in [0.717, 1.165) is 47.3 Å². The summed E-state index contributed by atoms with van der Waals surface area (Å²) in [5, 5.41) is 13.4. The number of nitriles is 1. The Bertz CT molecular complexity index is 1330. The highest BCUT2D eigenvalue weighted by Crippen LogP contribution is 2.39. The van der Waals surface area contributed by atoms with Crippen molar-refractivity contribution >= 4 is 45.9 Å². The molecule has 0 spiro atoms. The summed E-state index contributed by atoms with van der Waals surface area (Å²) >= 11 is 7.49. The van der Waals surface area contributed by atoms with Gasteiger partial charge in [-0.05, 0) is 74.9 Å². The Morgan fingerprint density at radius 1 is 1.26 bits per heavy atom. The maximum Gasteiger partial charge on any atom is 0.341 e. The first-order chi connectivity index (χ1) is 16.4. The van der Waals surface area contributed by atoms with Gasteiger partial charge in [0, 0.05) is 21.5 Å². The SMILES string of the molecule is CCOC(=O)c1c(NC(=O)C(C#N)=Cc2ccc(-c3cc(Cl)ccc3C)o2)sc2c1CCCC2. The molecule has 0 bridgehead atoms. The van der Waals surface area contributed by atoms with E-state index in [1.807, 2.05) is 19.1 Å². The highest BCUT2D eigenvalue weighted by Gasteiger charge is 2.28. The number of carbonyl (C=O) groups is 2. The average Bonchev–Trinajstić information content (AvgIpc) is 3.43. The van der Waals surface area contributed by atoms with Crippen molar-refractivity contribution in [3.63, 3.8) is 0 Å². The molecule has 1 aromatic carbocycles. The van der Waals surface area contributed by atoms with Gasteiger partial charge in [0.1, 0.15) is 28.2 Å². The zero-order valence-corrected chi connectivity index (χ0v) is 20.4. The van der Waals surface area contributed by atoms with Crippen molar-refractivity contribution in [1.29, 1.82) is 5.26 Å². The van der Waals surface area contributed by atoms with Crippen LogP contribution in [-0.2, 0) is 22.4 Å². The third-order valence-electron chi connectivity index (χ3n) is 5.62. The van der Waals surface area contributed by atoms with E-state index in [0.29, 0.717) is 27.1 Å². The summed E-state index contributed by atoms with van der Waals surface area (Å²) in [5.41, 5.74) is 3.04. The van der Waals surface area contributed by atoms with Crippen LogP contribution in [0.4, 0.5) is 5.00 Å². The molecule has 4 rings (SSSR count). The van der Waals surface area contributed by atoms with Crippen LogP contribution >= 0.6 is 22.9 Å². The van der Waals surface area contributed by atoms with Crippen LogP contribution in [0.2, 0.25) is 5.02 Å². The molecule has 174 valence electrons. The fourth-order valence-electron chi connectivity index (χ4n) is 3.97. The minimum atomic E-state index is -0.608. The van der Waals surface area contributed by atoms with Crippen LogP contribution < -0.4 is 5.32 Å². The van der Waals surface area contributed by atoms with E-state index < -0.39 is 11.9 Å². The molecular formula is C26H23ClN2O4S. The van der Waals surface area contributed by atoms with Gasteiger partial charge in [0.15, 0.2) is 0 Å². The number of hydrogen-bond donors (Lipinski definition) is 1. The number of benzene rings is 1. The van der Waals surface area contributed by atoms with Crippen molar-refractivity contribution in [2.24, 2.45) is 0 Å². The highest BCUT2D eigenvalue weighted by atomic mass is 35.5. The molecule has 0 aliphatic heterocycles. The summed E-state index contributed by atoms with van der Waals surface area (Å²) in [6.07, 6.45) is 5.05. The van der Waals surface area contributed by atoms with Gasteiger partial charge in [-0.15, -0.1) is 11.3 Å². The summed E-state index contributed by atoms with van der Waals surface area (Å²) in [5.74, 6) is -0.118. The van der Waals surface area contributed by atoms with Crippen LogP contribution in [-0.4, -0.2) is 18.5 Å². The van der Waals surface area contributed by atoms with Gasteiger partial charge in [0.2, 0.25) is 0 Å². The van der Waals surface area contributed by atoms with E-state index in [1.54, 1.807) is 31.2 Å². The maximum atomic E-state index is 13.0. The number of fused-ring (bicyclic) bond motifs is 1. The fraction of sp³-hybridized carbons (Fsp3) is 0.269. The van der Waals surface area contributed by atoms with Crippen LogP contribution in [0.1, 0.15) is 51.9 Å². The van der Waals surface area contributed by atoms with Crippen LogP contribution in [0, 0.1) is 18.3 Å². The Balaban J connectivity index is 1.61. The number of halogens is 1. The lowest BCUT2D eigenvalue weighted by molar-refractivity contribution is -0.112. The molecule has 0 saturated carbocycles. The van der Waals surface area contributed by atoms with Crippen molar-refractivity contribution in [2.45, 2.75) is 39.5 Å². The predicted molar refractivity (Wildman–Crippen MR) is 133 cm³/mol. The Labute approximate surface area is 206 Å². The molecule has 1 amide bonds. The molecular weight excluding hydrogens is 472 g/mol. The van der Waals surface area contributed by atoms with Crippen LogP contribution in [0.5, 0.6) is 0 Å². The molecule has 34 heavy (non-hydrogen) atoms. The highest BCUT2D eigenvalue weighted by molar-refractivity contribution is 7.17. The Kier molecular flexibility index (Phi) is 7.20. The summed E-state index contributed by atoms with van der Waals surface area (Å²) in [7, 11) is 0. The maximum absolute atomic E-state index is 13.0. The summed E-state index contributed by atoms with van der Waals surface area (Å²) in [6.45, 7) is 3.93. The third-order valence-corrected chi connectivity index (χ3v) is 7.06. The first kappa shape index (κ1) is 23.8. The first-order valence-corrected chi connectivity index (χ1v) is 12.2. The van der Waals surface area contributed by atoms with Gasteiger partial charge in [-0.1, -0.05) is 17.7 Å². The normalized spacial score (nSPS) is 13.2. The molecule has 1 aliphatic rings. The number of amides is 1. The van der Waals surface area contributed by atoms with Gasteiger partial charge in [0.05, 0.1) is 12.2 Å². The number of nitrogens with one attached hydrogen (secondary N) is 1.